The van der Waals surface area contributed by atoms with Crippen LogP contribution in [0.1, 0.15) is 24.1 Å². The first-order valence-electron chi connectivity index (χ1n) is 12.3. The lowest BCUT2D eigenvalue weighted by atomic mass is 9.95. The summed E-state index contributed by atoms with van der Waals surface area (Å²) in [6.07, 6.45) is 3.50. The predicted octanol–water partition coefficient (Wildman–Crippen LogP) is 4.45. The molecule has 1 aliphatic heterocycles. The second-order valence-corrected chi connectivity index (χ2v) is 9.86. The third-order valence-electron chi connectivity index (χ3n) is 6.25. The SMILES string of the molecule is C=CCOc1cccc(/C=c2/sc3n(c2=O)[C@@H](c2ccc(OC)cc2)C(C(=O)Nc2ccccc2)=C(C)N=3)c1. The molecule has 4 aromatic rings. The molecular weight excluding hydrogens is 510 g/mol. The van der Waals surface area contributed by atoms with Crippen LogP contribution in [0.3, 0.4) is 0 Å². The third kappa shape index (κ3) is 5.46. The van der Waals surface area contributed by atoms with Gasteiger partial charge < -0.3 is 14.8 Å². The molecule has 5 rings (SSSR count). The first-order chi connectivity index (χ1) is 19.0. The zero-order chi connectivity index (χ0) is 27.4. The normalized spacial score (nSPS) is 14.8. The van der Waals surface area contributed by atoms with Crippen LogP contribution in [-0.4, -0.2) is 24.2 Å². The van der Waals surface area contributed by atoms with Gasteiger partial charge in [-0.05, 0) is 60.5 Å². The number of nitrogens with zero attached hydrogens (tertiary/aromatic N) is 2. The van der Waals surface area contributed by atoms with Gasteiger partial charge in [-0.1, -0.05) is 66.5 Å². The second-order valence-electron chi connectivity index (χ2n) is 8.85. The minimum atomic E-state index is -0.666. The van der Waals surface area contributed by atoms with E-state index < -0.39 is 6.04 Å². The molecule has 0 radical (unpaired) electrons. The number of aromatic nitrogens is 1. The van der Waals surface area contributed by atoms with Gasteiger partial charge in [0.15, 0.2) is 4.80 Å². The van der Waals surface area contributed by atoms with E-state index in [4.69, 9.17) is 14.5 Å². The summed E-state index contributed by atoms with van der Waals surface area (Å²) in [5.74, 6) is 1.05. The highest BCUT2D eigenvalue weighted by Gasteiger charge is 2.32. The maximum atomic E-state index is 13.9. The molecule has 0 bridgehead atoms. The molecular formula is C31H27N3O4S. The van der Waals surface area contributed by atoms with Gasteiger partial charge in [0.05, 0.1) is 29.0 Å². The number of methoxy groups -OCH3 is 1. The molecule has 0 aliphatic carbocycles. The zero-order valence-corrected chi connectivity index (χ0v) is 22.4. The Hall–Kier alpha value is -4.69. The first-order valence-corrected chi connectivity index (χ1v) is 13.2. The van der Waals surface area contributed by atoms with Gasteiger partial charge in [0.25, 0.3) is 11.5 Å². The summed E-state index contributed by atoms with van der Waals surface area (Å²) in [5, 5.41) is 2.96. The van der Waals surface area contributed by atoms with Crippen molar-refractivity contribution >= 4 is 29.0 Å². The number of nitrogens with one attached hydrogen (secondary N) is 1. The van der Waals surface area contributed by atoms with Crippen LogP contribution in [0.25, 0.3) is 6.08 Å². The monoisotopic (exact) mass is 537 g/mol. The zero-order valence-electron chi connectivity index (χ0n) is 21.6. The van der Waals surface area contributed by atoms with Crippen molar-refractivity contribution in [2.24, 2.45) is 4.99 Å². The van der Waals surface area contributed by atoms with Gasteiger partial charge in [-0.25, -0.2) is 4.99 Å². The van der Waals surface area contributed by atoms with Gasteiger partial charge in [-0.3, -0.25) is 14.2 Å². The number of anilines is 1. The lowest BCUT2D eigenvalue weighted by Crippen LogP contribution is -2.40. The second kappa shape index (κ2) is 11.4. The number of carbonyl (C=O) groups excluding carboxylic acids is 1. The fourth-order valence-corrected chi connectivity index (χ4v) is 5.48. The third-order valence-corrected chi connectivity index (χ3v) is 7.24. The maximum absolute atomic E-state index is 13.9. The van der Waals surface area contributed by atoms with Crippen LogP contribution in [0.4, 0.5) is 5.69 Å². The minimum Gasteiger partial charge on any atom is -0.497 e. The number of benzene rings is 3. The Labute approximate surface area is 229 Å². The van der Waals surface area contributed by atoms with Gasteiger partial charge in [-0.15, -0.1) is 0 Å². The van der Waals surface area contributed by atoms with Crippen molar-refractivity contribution in [3.8, 4) is 11.5 Å². The summed E-state index contributed by atoms with van der Waals surface area (Å²) in [7, 11) is 1.60. The molecule has 1 N–H and O–H groups in total. The van der Waals surface area contributed by atoms with Crippen molar-refractivity contribution in [2.45, 2.75) is 13.0 Å². The molecule has 2 heterocycles. The predicted molar refractivity (Wildman–Crippen MR) is 154 cm³/mol. The Morgan fingerprint density at radius 3 is 2.56 bits per heavy atom. The number of allylic oxidation sites excluding steroid dienone is 1. The van der Waals surface area contributed by atoms with E-state index in [0.717, 1.165) is 11.1 Å². The molecule has 0 spiro atoms. The van der Waals surface area contributed by atoms with Crippen molar-refractivity contribution in [3.63, 3.8) is 0 Å². The Bertz CT molecular complexity index is 1740. The highest BCUT2D eigenvalue weighted by atomic mass is 32.1. The van der Waals surface area contributed by atoms with Gasteiger partial charge in [0.2, 0.25) is 0 Å². The van der Waals surface area contributed by atoms with Gasteiger partial charge in [0, 0.05) is 5.69 Å². The van der Waals surface area contributed by atoms with Crippen molar-refractivity contribution < 1.29 is 14.3 Å². The lowest BCUT2D eigenvalue weighted by molar-refractivity contribution is -0.113. The standard InChI is InChI=1S/C31H27N3O4S/c1-4-17-38-25-12-8-9-21(18-25)19-26-30(36)34-28(22-13-15-24(37-3)16-14-22)27(20(2)32-31(34)39-26)29(35)33-23-10-6-5-7-11-23/h4-16,18-19,28H,1,17H2,2-3H3,(H,33,35)/b26-19+/t28-/m0/s1. The molecule has 0 unspecified atom stereocenters. The molecule has 0 saturated carbocycles. The van der Waals surface area contributed by atoms with Crippen LogP contribution in [0, 0.1) is 0 Å². The van der Waals surface area contributed by atoms with E-state index in [-0.39, 0.29) is 11.5 Å². The van der Waals surface area contributed by atoms with E-state index in [0.29, 0.717) is 44.4 Å². The number of rotatable bonds is 8. The summed E-state index contributed by atoms with van der Waals surface area (Å²) in [6.45, 7) is 5.87. The number of thiazole rings is 1. The molecule has 3 aromatic carbocycles. The molecule has 1 atom stereocenters. The molecule has 0 saturated heterocycles. The summed E-state index contributed by atoms with van der Waals surface area (Å²) in [5.41, 5.74) is 2.98. The number of hydrogen-bond acceptors (Lipinski definition) is 6. The van der Waals surface area contributed by atoms with Crippen molar-refractivity contribution in [2.75, 3.05) is 19.0 Å². The van der Waals surface area contributed by atoms with E-state index >= 15 is 0 Å². The van der Waals surface area contributed by atoms with Crippen LogP contribution >= 0.6 is 11.3 Å². The Balaban J connectivity index is 1.63. The molecule has 1 aromatic heterocycles. The van der Waals surface area contributed by atoms with E-state index in [1.54, 1.807) is 24.7 Å². The van der Waals surface area contributed by atoms with Crippen LogP contribution in [0.5, 0.6) is 11.5 Å². The van der Waals surface area contributed by atoms with Crippen LogP contribution in [0.2, 0.25) is 0 Å². The smallest absolute Gasteiger partial charge is 0.271 e. The van der Waals surface area contributed by atoms with Gasteiger partial charge in [-0.2, -0.15) is 0 Å². The number of carbonyl (C=O) groups is 1. The largest absolute Gasteiger partial charge is 0.497 e. The minimum absolute atomic E-state index is 0.227. The average molecular weight is 538 g/mol. The summed E-state index contributed by atoms with van der Waals surface area (Å²) < 4.78 is 13.1. The number of para-hydroxylation sites is 1. The Morgan fingerprint density at radius 1 is 1.08 bits per heavy atom. The molecule has 196 valence electrons. The quantitative estimate of drug-likeness (QED) is 0.337. The number of amides is 1. The van der Waals surface area contributed by atoms with Crippen LogP contribution in [-0.2, 0) is 4.79 Å². The van der Waals surface area contributed by atoms with E-state index in [1.165, 1.54) is 11.3 Å². The van der Waals surface area contributed by atoms with Crippen molar-refractivity contribution in [1.82, 2.24) is 4.57 Å². The van der Waals surface area contributed by atoms with E-state index in [1.807, 2.05) is 84.9 Å². The molecule has 1 aliphatic rings. The van der Waals surface area contributed by atoms with Crippen LogP contribution < -0.4 is 29.7 Å². The van der Waals surface area contributed by atoms with E-state index in [2.05, 4.69) is 11.9 Å². The topological polar surface area (TPSA) is 81.9 Å². The highest BCUT2D eigenvalue weighted by molar-refractivity contribution is 7.07. The maximum Gasteiger partial charge on any atom is 0.271 e. The lowest BCUT2D eigenvalue weighted by Gasteiger charge is -2.25. The van der Waals surface area contributed by atoms with Gasteiger partial charge in [0.1, 0.15) is 18.1 Å². The molecule has 1 amide bonds. The van der Waals surface area contributed by atoms with Crippen LogP contribution in [0.15, 0.2) is 113 Å². The van der Waals surface area contributed by atoms with Gasteiger partial charge >= 0.3 is 0 Å². The summed E-state index contributed by atoms with van der Waals surface area (Å²) in [6, 6.07) is 23.4. The number of ether oxygens (including phenoxy) is 2. The molecule has 8 heteroatoms. The Kier molecular flexibility index (Phi) is 7.56. The fraction of sp³-hybridized carbons (Fsp3) is 0.129. The molecule has 7 nitrogen and oxygen atoms in total. The Morgan fingerprint density at radius 2 is 1.85 bits per heavy atom. The summed E-state index contributed by atoms with van der Waals surface area (Å²) >= 11 is 1.29. The average Bonchev–Trinajstić information content (AvgIpc) is 3.25. The summed E-state index contributed by atoms with van der Waals surface area (Å²) in [4.78, 5) is 32.7. The highest BCUT2D eigenvalue weighted by Crippen LogP contribution is 2.31. The van der Waals surface area contributed by atoms with Crippen molar-refractivity contribution in [1.29, 1.82) is 0 Å². The fourth-order valence-electron chi connectivity index (χ4n) is 4.43. The number of hydrogen-bond donors (Lipinski definition) is 1. The first kappa shape index (κ1) is 25.9. The van der Waals surface area contributed by atoms with Crippen molar-refractivity contribution in [3.05, 3.63) is 134 Å². The number of fused-ring (bicyclic) bond motifs is 1. The molecule has 0 fully saturated rings. The molecule has 39 heavy (non-hydrogen) atoms. The van der Waals surface area contributed by atoms with E-state index in [9.17, 15) is 9.59 Å².